The molecule has 128 valence electrons. The highest BCUT2D eigenvalue weighted by atomic mass is 19.2. The first-order valence-corrected chi connectivity index (χ1v) is 7.15. The molecule has 0 bridgehead atoms. The molecular formula is C16H16F3N3O2. The standard InChI is InChI=1S/C16H16F3N3O2/c1-24-6-2-5-21-11-7-10(8-20-9-11)16(23)22-13-4-3-12(17)14(18)15(13)19/h3-4,7-9,21H,2,5-6H2,1H3,(H,22,23). The van der Waals surface area contributed by atoms with Gasteiger partial charge in [-0.2, -0.15) is 0 Å². The Morgan fingerprint density at radius 3 is 2.75 bits per heavy atom. The zero-order valence-corrected chi connectivity index (χ0v) is 12.9. The number of hydrogen-bond acceptors (Lipinski definition) is 4. The summed E-state index contributed by atoms with van der Waals surface area (Å²) in [5, 5.41) is 5.25. The summed E-state index contributed by atoms with van der Waals surface area (Å²) in [6.45, 7) is 1.22. The van der Waals surface area contributed by atoms with Crippen LogP contribution in [0.4, 0.5) is 24.5 Å². The molecule has 0 aliphatic heterocycles. The first-order valence-electron chi connectivity index (χ1n) is 7.15. The zero-order chi connectivity index (χ0) is 17.5. The van der Waals surface area contributed by atoms with Gasteiger partial charge in [0.2, 0.25) is 0 Å². The summed E-state index contributed by atoms with van der Waals surface area (Å²) < 4.78 is 44.6. The predicted octanol–water partition coefficient (Wildman–Crippen LogP) is 3.20. The summed E-state index contributed by atoms with van der Waals surface area (Å²) in [5.74, 6) is -5.10. The molecule has 1 aromatic carbocycles. The van der Waals surface area contributed by atoms with Gasteiger partial charge in [-0.05, 0) is 24.6 Å². The molecule has 1 aromatic heterocycles. The summed E-state index contributed by atoms with van der Waals surface area (Å²) in [7, 11) is 1.60. The predicted molar refractivity (Wildman–Crippen MR) is 83.5 cm³/mol. The van der Waals surface area contributed by atoms with Crippen LogP contribution in [0.5, 0.6) is 0 Å². The Bertz CT molecular complexity index is 726. The van der Waals surface area contributed by atoms with Crippen LogP contribution in [-0.2, 0) is 4.74 Å². The highest BCUT2D eigenvalue weighted by Crippen LogP contribution is 2.20. The summed E-state index contributed by atoms with van der Waals surface area (Å²) >= 11 is 0. The summed E-state index contributed by atoms with van der Waals surface area (Å²) in [6, 6.07) is 3.21. The lowest BCUT2D eigenvalue weighted by molar-refractivity contribution is 0.102. The molecule has 0 atom stereocenters. The second kappa shape index (κ2) is 8.30. The van der Waals surface area contributed by atoms with Gasteiger partial charge in [0.1, 0.15) is 0 Å². The maximum Gasteiger partial charge on any atom is 0.257 e. The molecule has 0 spiro atoms. The zero-order valence-electron chi connectivity index (χ0n) is 12.9. The molecule has 2 N–H and O–H groups in total. The Kier molecular flexibility index (Phi) is 6.14. The van der Waals surface area contributed by atoms with E-state index in [-0.39, 0.29) is 5.56 Å². The van der Waals surface area contributed by atoms with Crippen molar-refractivity contribution in [3.05, 3.63) is 53.6 Å². The van der Waals surface area contributed by atoms with E-state index in [0.29, 0.717) is 18.8 Å². The highest BCUT2D eigenvalue weighted by Gasteiger charge is 2.16. The van der Waals surface area contributed by atoms with Crippen molar-refractivity contribution in [3.8, 4) is 0 Å². The van der Waals surface area contributed by atoms with Gasteiger partial charge in [0.25, 0.3) is 5.91 Å². The summed E-state index contributed by atoms with van der Waals surface area (Å²) in [6.07, 6.45) is 3.59. The largest absolute Gasteiger partial charge is 0.385 e. The first-order chi connectivity index (χ1) is 11.5. The molecule has 0 fully saturated rings. The Labute approximate surface area is 136 Å². The van der Waals surface area contributed by atoms with E-state index in [9.17, 15) is 18.0 Å². The van der Waals surface area contributed by atoms with Gasteiger partial charge < -0.3 is 15.4 Å². The SMILES string of the molecule is COCCCNc1cncc(C(=O)Nc2ccc(F)c(F)c2F)c1. The number of halogens is 3. The molecule has 1 heterocycles. The van der Waals surface area contributed by atoms with Crippen molar-refractivity contribution in [2.24, 2.45) is 0 Å². The monoisotopic (exact) mass is 339 g/mol. The number of pyridine rings is 1. The normalized spacial score (nSPS) is 10.5. The number of benzene rings is 1. The molecule has 0 aliphatic carbocycles. The molecule has 2 rings (SSSR count). The fourth-order valence-corrected chi connectivity index (χ4v) is 1.93. The third-order valence-electron chi connectivity index (χ3n) is 3.14. The Morgan fingerprint density at radius 2 is 2.00 bits per heavy atom. The number of hydrogen-bond donors (Lipinski definition) is 2. The summed E-state index contributed by atoms with van der Waals surface area (Å²) in [5.41, 5.74) is 0.303. The van der Waals surface area contributed by atoms with Crippen LogP contribution in [-0.4, -0.2) is 31.2 Å². The Hall–Kier alpha value is -2.61. The van der Waals surface area contributed by atoms with Gasteiger partial charge in [-0.15, -0.1) is 0 Å². The van der Waals surface area contributed by atoms with Gasteiger partial charge in [-0.3, -0.25) is 9.78 Å². The number of rotatable bonds is 7. The second-order valence-electron chi connectivity index (χ2n) is 4.91. The van der Waals surface area contributed by atoms with E-state index in [2.05, 4.69) is 15.6 Å². The van der Waals surface area contributed by atoms with Crippen molar-refractivity contribution < 1.29 is 22.7 Å². The van der Waals surface area contributed by atoms with Gasteiger partial charge in [-0.1, -0.05) is 0 Å². The van der Waals surface area contributed by atoms with E-state index in [4.69, 9.17) is 4.74 Å². The average molecular weight is 339 g/mol. The molecule has 0 saturated carbocycles. The first kappa shape index (κ1) is 17.7. The average Bonchev–Trinajstić information content (AvgIpc) is 2.59. The van der Waals surface area contributed by atoms with Gasteiger partial charge >= 0.3 is 0 Å². The number of aromatic nitrogens is 1. The van der Waals surface area contributed by atoms with Crippen molar-refractivity contribution in [2.45, 2.75) is 6.42 Å². The van der Waals surface area contributed by atoms with Crippen molar-refractivity contribution in [3.63, 3.8) is 0 Å². The number of carbonyl (C=O) groups is 1. The molecule has 1 amide bonds. The maximum atomic E-state index is 13.6. The number of nitrogens with zero attached hydrogens (tertiary/aromatic N) is 1. The number of methoxy groups -OCH3 is 1. The van der Waals surface area contributed by atoms with E-state index in [0.717, 1.165) is 18.6 Å². The number of ether oxygens (including phenoxy) is 1. The van der Waals surface area contributed by atoms with Crippen molar-refractivity contribution in [1.29, 1.82) is 0 Å². The third kappa shape index (κ3) is 4.45. The van der Waals surface area contributed by atoms with Crippen molar-refractivity contribution in [2.75, 3.05) is 30.9 Å². The second-order valence-corrected chi connectivity index (χ2v) is 4.91. The smallest absolute Gasteiger partial charge is 0.257 e. The van der Waals surface area contributed by atoms with E-state index in [1.165, 1.54) is 18.5 Å². The molecule has 0 saturated heterocycles. The molecule has 0 aliphatic rings. The van der Waals surface area contributed by atoms with Crippen LogP contribution in [0.3, 0.4) is 0 Å². The maximum absolute atomic E-state index is 13.6. The van der Waals surface area contributed by atoms with E-state index < -0.39 is 29.0 Å². The number of carbonyl (C=O) groups excluding carboxylic acids is 1. The lowest BCUT2D eigenvalue weighted by Crippen LogP contribution is -2.15. The highest BCUT2D eigenvalue weighted by molar-refractivity contribution is 6.04. The van der Waals surface area contributed by atoms with E-state index in [1.54, 1.807) is 7.11 Å². The van der Waals surface area contributed by atoms with Crippen molar-refractivity contribution >= 4 is 17.3 Å². The third-order valence-corrected chi connectivity index (χ3v) is 3.14. The molecule has 0 unspecified atom stereocenters. The van der Waals surface area contributed by atoms with Crippen LogP contribution in [0.2, 0.25) is 0 Å². The van der Waals surface area contributed by atoms with Gasteiger partial charge in [0, 0.05) is 32.7 Å². The van der Waals surface area contributed by atoms with E-state index >= 15 is 0 Å². The number of amides is 1. The molecule has 8 heteroatoms. The molecule has 0 radical (unpaired) electrons. The lowest BCUT2D eigenvalue weighted by atomic mass is 10.2. The van der Waals surface area contributed by atoms with Crippen LogP contribution >= 0.6 is 0 Å². The van der Waals surface area contributed by atoms with Crippen LogP contribution in [0.25, 0.3) is 0 Å². The minimum absolute atomic E-state index is 0.149. The quantitative estimate of drug-likeness (QED) is 0.601. The van der Waals surface area contributed by atoms with Gasteiger partial charge in [0.05, 0.1) is 16.9 Å². The minimum Gasteiger partial charge on any atom is -0.385 e. The number of anilines is 2. The van der Waals surface area contributed by atoms with E-state index in [1.807, 2.05) is 0 Å². The lowest BCUT2D eigenvalue weighted by Gasteiger charge is -2.09. The summed E-state index contributed by atoms with van der Waals surface area (Å²) in [4.78, 5) is 16.0. The molecule has 5 nitrogen and oxygen atoms in total. The fraction of sp³-hybridized carbons (Fsp3) is 0.250. The Morgan fingerprint density at radius 1 is 1.21 bits per heavy atom. The Balaban J connectivity index is 2.06. The van der Waals surface area contributed by atoms with Crippen LogP contribution in [0.1, 0.15) is 16.8 Å². The minimum atomic E-state index is -1.64. The number of nitrogens with one attached hydrogen (secondary N) is 2. The molecule has 2 aromatic rings. The van der Waals surface area contributed by atoms with Crippen LogP contribution < -0.4 is 10.6 Å². The topological polar surface area (TPSA) is 63.2 Å². The van der Waals surface area contributed by atoms with Gasteiger partial charge in [0.15, 0.2) is 17.5 Å². The van der Waals surface area contributed by atoms with Crippen LogP contribution in [0.15, 0.2) is 30.6 Å². The van der Waals surface area contributed by atoms with Gasteiger partial charge in [-0.25, -0.2) is 13.2 Å². The molecular weight excluding hydrogens is 323 g/mol. The van der Waals surface area contributed by atoms with Crippen LogP contribution in [0, 0.1) is 17.5 Å². The fourth-order valence-electron chi connectivity index (χ4n) is 1.93. The molecule has 24 heavy (non-hydrogen) atoms. The van der Waals surface area contributed by atoms with Crippen molar-refractivity contribution in [1.82, 2.24) is 4.98 Å².